The number of thiophene rings is 1. The SMILES string of the molecule is CNC(=O)C1CN(S(=O)(=O)c2cc3ccc(C#C[Si](C)(C)C)cc3s2)CCN1. The summed E-state index contributed by atoms with van der Waals surface area (Å²) in [7, 11) is -3.57. The van der Waals surface area contributed by atoms with Gasteiger partial charge >= 0.3 is 0 Å². The number of nitrogens with one attached hydrogen (secondary N) is 2. The molecule has 2 heterocycles. The van der Waals surface area contributed by atoms with E-state index in [1.165, 1.54) is 15.6 Å². The van der Waals surface area contributed by atoms with E-state index in [-0.39, 0.29) is 12.5 Å². The molecule has 9 heteroatoms. The first-order valence-corrected chi connectivity index (χ1v) is 14.9. The van der Waals surface area contributed by atoms with Crippen molar-refractivity contribution in [1.82, 2.24) is 14.9 Å². The van der Waals surface area contributed by atoms with Gasteiger partial charge in [-0.3, -0.25) is 4.79 Å². The zero-order valence-electron chi connectivity index (χ0n) is 16.5. The highest BCUT2D eigenvalue weighted by molar-refractivity contribution is 7.91. The van der Waals surface area contributed by atoms with Crippen LogP contribution in [0.4, 0.5) is 0 Å². The maximum absolute atomic E-state index is 13.1. The Bertz CT molecular complexity index is 1060. The molecule has 2 N–H and O–H groups in total. The molecule has 1 aromatic heterocycles. The minimum absolute atomic E-state index is 0.128. The van der Waals surface area contributed by atoms with Crippen molar-refractivity contribution in [1.29, 1.82) is 0 Å². The van der Waals surface area contributed by atoms with Crippen LogP contribution in [0.2, 0.25) is 19.6 Å². The number of hydrogen-bond donors (Lipinski definition) is 2. The molecule has 1 atom stereocenters. The summed E-state index contributed by atoms with van der Waals surface area (Å²) < 4.78 is 28.8. The third-order valence-electron chi connectivity index (χ3n) is 4.37. The maximum atomic E-state index is 13.1. The molecule has 1 aromatic carbocycles. The molecule has 0 bridgehead atoms. The summed E-state index contributed by atoms with van der Waals surface area (Å²) in [6.07, 6.45) is 0. The summed E-state index contributed by atoms with van der Waals surface area (Å²) in [6.45, 7) is 7.48. The van der Waals surface area contributed by atoms with Crippen LogP contribution in [-0.2, 0) is 14.8 Å². The Kier molecular flexibility index (Phi) is 5.98. The molecule has 0 saturated carbocycles. The lowest BCUT2D eigenvalue weighted by molar-refractivity contribution is -0.123. The molecule has 1 fully saturated rings. The molecule has 0 aliphatic carbocycles. The second kappa shape index (κ2) is 7.97. The van der Waals surface area contributed by atoms with Crippen molar-refractivity contribution in [2.75, 3.05) is 26.7 Å². The van der Waals surface area contributed by atoms with Crippen molar-refractivity contribution in [3.8, 4) is 11.5 Å². The number of likely N-dealkylation sites (N-methyl/N-ethyl adjacent to an activating group) is 1. The molecule has 28 heavy (non-hydrogen) atoms. The average molecular weight is 436 g/mol. The fourth-order valence-electron chi connectivity index (χ4n) is 2.89. The largest absolute Gasteiger partial charge is 0.358 e. The number of carbonyl (C=O) groups excluding carboxylic acids is 1. The van der Waals surface area contributed by atoms with Crippen LogP contribution in [0.5, 0.6) is 0 Å². The molecule has 150 valence electrons. The minimum Gasteiger partial charge on any atom is -0.358 e. The molecule has 1 saturated heterocycles. The van der Waals surface area contributed by atoms with Crippen molar-refractivity contribution in [2.24, 2.45) is 0 Å². The highest BCUT2D eigenvalue weighted by Gasteiger charge is 2.33. The monoisotopic (exact) mass is 435 g/mol. The van der Waals surface area contributed by atoms with Crippen LogP contribution in [0.25, 0.3) is 10.1 Å². The molecule has 0 radical (unpaired) electrons. The third-order valence-corrected chi connectivity index (χ3v) is 8.66. The summed E-state index contributed by atoms with van der Waals surface area (Å²) in [5.74, 6) is 3.01. The van der Waals surface area contributed by atoms with Gasteiger partial charge in [-0.05, 0) is 23.6 Å². The van der Waals surface area contributed by atoms with Gasteiger partial charge in [0.15, 0.2) is 0 Å². The lowest BCUT2D eigenvalue weighted by Gasteiger charge is -2.31. The lowest BCUT2D eigenvalue weighted by Crippen LogP contribution is -2.57. The summed E-state index contributed by atoms with van der Waals surface area (Å²) in [5.41, 5.74) is 4.24. The fraction of sp³-hybridized carbons (Fsp3) is 0.421. The van der Waals surface area contributed by atoms with E-state index in [4.69, 9.17) is 0 Å². The predicted molar refractivity (Wildman–Crippen MR) is 117 cm³/mol. The molecule has 2 aromatic rings. The van der Waals surface area contributed by atoms with Gasteiger partial charge in [0.2, 0.25) is 5.91 Å². The third kappa shape index (κ3) is 4.64. The number of carbonyl (C=O) groups is 1. The Balaban J connectivity index is 1.89. The van der Waals surface area contributed by atoms with E-state index in [2.05, 4.69) is 41.7 Å². The van der Waals surface area contributed by atoms with Gasteiger partial charge in [0.25, 0.3) is 10.0 Å². The van der Waals surface area contributed by atoms with E-state index >= 15 is 0 Å². The van der Waals surface area contributed by atoms with Crippen molar-refractivity contribution >= 4 is 45.4 Å². The molecule has 1 aliphatic heterocycles. The van der Waals surface area contributed by atoms with Gasteiger partial charge in [0.1, 0.15) is 18.3 Å². The fourth-order valence-corrected chi connectivity index (χ4v) is 6.46. The normalized spacial score (nSPS) is 18.5. The highest BCUT2D eigenvalue weighted by atomic mass is 32.2. The summed E-state index contributed by atoms with van der Waals surface area (Å²) in [4.78, 5) is 11.9. The molecule has 6 nitrogen and oxygen atoms in total. The van der Waals surface area contributed by atoms with Gasteiger partial charge in [0, 0.05) is 36.9 Å². The summed E-state index contributed by atoms with van der Waals surface area (Å²) in [5, 5.41) is 6.51. The Morgan fingerprint density at radius 1 is 1.32 bits per heavy atom. The molecule has 1 amide bonds. The van der Waals surface area contributed by atoms with Crippen molar-refractivity contribution in [2.45, 2.75) is 29.9 Å². The Labute approximate surface area is 171 Å². The van der Waals surface area contributed by atoms with Crippen molar-refractivity contribution < 1.29 is 13.2 Å². The first-order valence-electron chi connectivity index (χ1n) is 9.12. The highest BCUT2D eigenvalue weighted by Crippen LogP contribution is 2.32. The number of amides is 1. The van der Waals surface area contributed by atoms with E-state index in [1.54, 1.807) is 13.1 Å². The number of hydrogen-bond acceptors (Lipinski definition) is 5. The van der Waals surface area contributed by atoms with E-state index in [9.17, 15) is 13.2 Å². The Hall–Kier alpha value is -1.70. The summed E-state index contributed by atoms with van der Waals surface area (Å²) >= 11 is 1.25. The molecular weight excluding hydrogens is 410 g/mol. The first kappa shape index (κ1) is 21.0. The smallest absolute Gasteiger partial charge is 0.252 e. The number of nitrogens with zero attached hydrogens (tertiary/aromatic N) is 1. The van der Waals surface area contributed by atoms with Gasteiger partial charge in [-0.1, -0.05) is 31.6 Å². The van der Waals surface area contributed by atoms with E-state index < -0.39 is 24.1 Å². The molecule has 1 unspecified atom stereocenters. The van der Waals surface area contributed by atoms with Gasteiger partial charge in [-0.2, -0.15) is 4.31 Å². The number of sulfonamides is 1. The molecule has 3 rings (SSSR count). The number of fused-ring (bicyclic) bond motifs is 1. The minimum atomic E-state index is -3.64. The lowest BCUT2D eigenvalue weighted by atomic mass is 10.2. The van der Waals surface area contributed by atoms with Crippen LogP contribution in [0.1, 0.15) is 5.56 Å². The second-order valence-electron chi connectivity index (χ2n) is 7.80. The molecule has 1 aliphatic rings. The number of piperazine rings is 1. The quantitative estimate of drug-likeness (QED) is 0.570. The number of rotatable bonds is 3. The van der Waals surface area contributed by atoms with Gasteiger partial charge < -0.3 is 10.6 Å². The van der Waals surface area contributed by atoms with Crippen LogP contribution in [0.15, 0.2) is 28.5 Å². The summed E-state index contributed by atoms with van der Waals surface area (Å²) in [6, 6.07) is 6.99. The van der Waals surface area contributed by atoms with Crippen molar-refractivity contribution in [3.05, 3.63) is 29.8 Å². The topological polar surface area (TPSA) is 78.5 Å². The Morgan fingerprint density at radius 3 is 2.75 bits per heavy atom. The van der Waals surface area contributed by atoms with Crippen LogP contribution in [0.3, 0.4) is 0 Å². The predicted octanol–water partition coefficient (Wildman–Crippen LogP) is 1.84. The zero-order valence-corrected chi connectivity index (χ0v) is 19.1. The first-order chi connectivity index (χ1) is 13.1. The molecular formula is C19H25N3O3S2Si. The van der Waals surface area contributed by atoms with Gasteiger partial charge in [-0.15, -0.1) is 16.9 Å². The molecule has 0 spiro atoms. The standard InChI is InChI=1S/C19H25N3O3S2Si/c1-20-19(23)16-13-22(9-8-21-16)27(24,25)18-12-15-6-5-14(11-17(15)26-18)7-10-28(2,3)4/h5-6,11-12,16,21H,8-9,13H2,1-4H3,(H,20,23). The van der Waals surface area contributed by atoms with Crippen LogP contribution in [-0.4, -0.2) is 59.4 Å². The van der Waals surface area contributed by atoms with E-state index in [0.717, 1.165) is 15.6 Å². The maximum Gasteiger partial charge on any atom is 0.252 e. The van der Waals surface area contributed by atoms with Crippen molar-refractivity contribution in [3.63, 3.8) is 0 Å². The van der Waals surface area contributed by atoms with Gasteiger partial charge in [0.05, 0.1) is 0 Å². The average Bonchev–Trinajstić information content (AvgIpc) is 3.09. The van der Waals surface area contributed by atoms with Crippen LogP contribution < -0.4 is 10.6 Å². The zero-order chi connectivity index (χ0) is 20.5. The van der Waals surface area contributed by atoms with Crippen LogP contribution >= 0.6 is 11.3 Å². The second-order valence-corrected chi connectivity index (χ2v) is 15.8. The number of benzene rings is 1. The van der Waals surface area contributed by atoms with E-state index in [1.807, 2.05) is 18.2 Å². The van der Waals surface area contributed by atoms with E-state index in [0.29, 0.717) is 17.3 Å². The Morgan fingerprint density at radius 2 is 2.07 bits per heavy atom. The van der Waals surface area contributed by atoms with Gasteiger partial charge in [-0.25, -0.2) is 8.42 Å². The van der Waals surface area contributed by atoms with Crippen LogP contribution in [0, 0.1) is 11.5 Å².